The van der Waals surface area contributed by atoms with Gasteiger partial charge in [0.15, 0.2) is 0 Å². The highest BCUT2D eigenvalue weighted by Crippen LogP contribution is 2.45. The van der Waals surface area contributed by atoms with Gasteiger partial charge in [-0.3, -0.25) is 0 Å². The molecule has 1 aromatic rings. The first-order chi connectivity index (χ1) is 7.02. The van der Waals surface area contributed by atoms with Gasteiger partial charge in [0.05, 0.1) is 16.2 Å². The van der Waals surface area contributed by atoms with Crippen molar-refractivity contribution in [1.29, 1.82) is 0 Å². The minimum absolute atomic E-state index is 0.623. The van der Waals surface area contributed by atoms with E-state index in [1.807, 2.05) is 13.8 Å². The van der Waals surface area contributed by atoms with Crippen LogP contribution >= 0.6 is 23.1 Å². The Morgan fingerprint density at radius 1 is 1.53 bits per heavy atom. The van der Waals surface area contributed by atoms with E-state index in [2.05, 4.69) is 11.2 Å². The average Bonchev–Trinajstić information content (AvgIpc) is 2.87. The largest absolute Gasteiger partial charge is 0.385 e. The summed E-state index contributed by atoms with van der Waals surface area (Å²) in [6, 6.07) is 0. The van der Waals surface area contributed by atoms with E-state index >= 15 is 0 Å². The van der Waals surface area contributed by atoms with Crippen molar-refractivity contribution in [2.75, 3.05) is 6.26 Å². The Bertz CT molecular complexity index is 350. The van der Waals surface area contributed by atoms with Crippen LogP contribution in [-0.2, 0) is 11.4 Å². The standard InChI is InChI=1S/C11H17NOS2/c1-11(2,13)10-9(7-4-5-7)12-8(15-10)6-14-3/h7,13H,4-6H2,1-3H3. The van der Waals surface area contributed by atoms with Crippen LogP contribution < -0.4 is 0 Å². The summed E-state index contributed by atoms with van der Waals surface area (Å²) >= 11 is 3.46. The fourth-order valence-electron chi connectivity index (χ4n) is 1.64. The van der Waals surface area contributed by atoms with E-state index in [4.69, 9.17) is 0 Å². The van der Waals surface area contributed by atoms with E-state index in [1.165, 1.54) is 12.8 Å². The molecule has 4 heteroatoms. The van der Waals surface area contributed by atoms with E-state index in [9.17, 15) is 5.11 Å². The van der Waals surface area contributed by atoms with Gasteiger partial charge in [0.2, 0.25) is 0 Å². The van der Waals surface area contributed by atoms with Gasteiger partial charge in [0, 0.05) is 11.7 Å². The lowest BCUT2D eigenvalue weighted by Gasteiger charge is -2.16. The van der Waals surface area contributed by atoms with Gasteiger partial charge in [-0.25, -0.2) is 4.98 Å². The van der Waals surface area contributed by atoms with E-state index in [-0.39, 0.29) is 0 Å². The van der Waals surface area contributed by atoms with Gasteiger partial charge < -0.3 is 5.11 Å². The minimum Gasteiger partial charge on any atom is -0.385 e. The maximum atomic E-state index is 10.1. The van der Waals surface area contributed by atoms with Crippen LogP contribution in [0.2, 0.25) is 0 Å². The second-order valence-electron chi connectivity index (χ2n) is 4.59. The summed E-state index contributed by atoms with van der Waals surface area (Å²) in [5.74, 6) is 1.58. The number of rotatable bonds is 4. The smallest absolute Gasteiger partial charge is 0.103 e. The van der Waals surface area contributed by atoms with Crippen molar-refractivity contribution in [3.05, 3.63) is 15.6 Å². The number of thioether (sulfide) groups is 1. The Kier molecular flexibility index (Phi) is 3.10. The van der Waals surface area contributed by atoms with Gasteiger partial charge in [0.25, 0.3) is 0 Å². The predicted molar refractivity (Wildman–Crippen MR) is 66.6 cm³/mol. The number of hydrogen-bond donors (Lipinski definition) is 1. The quantitative estimate of drug-likeness (QED) is 0.882. The molecule has 0 amide bonds. The Balaban J connectivity index is 2.33. The molecule has 0 saturated heterocycles. The minimum atomic E-state index is -0.730. The molecule has 2 nitrogen and oxygen atoms in total. The molecule has 0 spiro atoms. The predicted octanol–water partition coefficient (Wildman–Crippen LogP) is 3.11. The second kappa shape index (κ2) is 4.07. The number of nitrogens with zero attached hydrogens (tertiary/aromatic N) is 1. The summed E-state index contributed by atoms with van der Waals surface area (Å²) in [4.78, 5) is 5.74. The van der Waals surface area contributed by atoms with E-state index in [0.717, 1.165) is 21.3 Å². The second-order valence-corrected chi connectivity index (χ2v) is 6.54. The topological polar surface area (TPSA) is 33.1 Å². The number of aromatic nitrogens is 1. The van der Waals surface area contributed by atoms with Crippen molar-refractivity contribution in [2.24, 2.45) is 0 Å². The van der Waals surface area contributed by atoms with E-state index in [1.54, 1.807) is 23.1 Å². The molecule has 1 saturated carbocycles. The summed E-state index contributed by atoms with van der Waals surface area (Å²) in [7, 11) is 0. The van der Waals surface area contributed by atoms with Gasteiger partial charge >= 0.3 is 0 Å². The van der Waals surface area contributed by atoms with Crippen LogP contribution in [0.15, 0.2) is 0 Å². The van der Waals surface area contributed by atoms with Crippen molar-refractivity contribution in [1.82, 2.24) is 4.98 Å². The van der Waals surface area contributed by atoms with Gasteiger partial charge in [-0.05, 0) is 32.9 Å². The zero-order valence-electron chi connectivity index (χ0n) is 9.41. The Labute approximate surface area is 99.1 Å². The van der Waals surface area contributed by atoms with Crippen molar-refractivity contribution >= 4 is 23.1 Å². The normalized spacial score (nSPS) is 17.1. The third-order valence-electron chi connectivity index (χ3n) is 2.49. The summed E-state index contributed by atoms with van der Waals surface area (Å²) in [6.45, 7) is 3.71. The monoisotopic (exact) mass is 243 g/mol. The molecule has 1 aromatic heterocycles. The van der Waals surface area contributed by atoms with E-state index in [0.29, 0.717) is 5.92 Å². The SMILES string of the molecule is CSCc1nc(C2CC2)c(C(C)(C)O)s1. The lowest BCUT2D eigenvalue weighted by Crippen LogP contribution is -2.15. The van der Waals surface area contributed by atoms with Crippen LogP contribution in [0.4, 0.5) is 0 Å². The molecule has 0 bridgehead atoms. The van der Waals surface area contributed by atoms with Gasteiger partial charge in [-0.2, -0.15) is 11.8 Å². The van der Waals surface area contributed by atoms with E-state index < -0.39 is 5.60 Å². The first-order valence-corrected chi connectivity index (χ1v) is 7.45. The lowest BCUT2D eigenvalue weighted by molar-refractivity contribution is 0.0813. The van der Waals surface area contributed by atoms with Crippen LogP contribution in [0.25, 0.3) is 0 Å². The number of hydrogen-bond acceptors (Lipinski definition) is 4. The molecular weight excluding hydrogens is 226 g/mol. The molecule has 15 heavy (non-hydrogen) atoms. The van der Waals surface area contributed by atoms with Crippen LogP contribution in [0.5, 0.6) is 0 Å². The third-order valence-corrected chi connectivity index (χ3v) is 4.61. The average molecular weight is 243 g/mol. The van der Waals surface area contributed by atoms with Crippen LogP contribution in [0.1, 0.15) is 48.2 Å². The summed E-state index contributed by atoms with van der Waals surface area (Å²) < 4.78 is 0. The van der Waals surface area contributed by atoms with Crippen molar-refractivity contribution in [2.45, 2.75) is 44.0 Å². The fourth-order valence-corrected chi connectivity index (χ4v) is 3.48. The van der Waals surface area contributed by atoms with Gasteiger partial charge in [-0.1, -0.05) is 0 Å². The molecule has 84 valence electrons. The molecular formula is C11H17NOS2. The summed E-state index contributed by atoms with van der Waals surface area (Å²) in [5.41, 5.74) is 0.434. The van der Waals surface area contributed by atoms with Crippen molar-refractivity contribution in [3.63, 3.8) is 0 Å². The molecule has 1 aliphatic rings. The molecule has 0 radical (unpaired) electrons. The molecule has 1 fully saturated rings. The number of thiazole rings is 1. The Hall–Kier alpha value is -0.0600. The molecule has 0 unspecified atom stereocenters. The molecule has 0 atom stereocenters. The first kappa shape index (κ1) is 11.4. The first-order valence-electron chi connectivity index (χ1n) is 5.23. The third kappa shape index (κ3) is 2.55. The molecule has 0 aromatic carbocycles. The lowest BCUT2D eigenvalue weighted by atomic mass is 10.0. The fraction of sp³-hybridized carbons (Fsp3) is 0.727. The highest BCUT2D eigenvalue weighted by molar-refractivity contribution is 7.97. The summed E-state index contributed by atoms with van der Waals surface area (Å²) in [5, 5.41) is 11.2. The maximum Gasteiger partial charge on any atom is 0.103 e. The van der Waals surface area contributed by atoms with Crippen molar-refractivity contribution < 1.29 is 5.11 Å². The summed E-state index contributed by atoms with van der Waals surface area (Å²) in [6.07, 6.45) is 4.57. The van der Waals surface area contributed by atoms with Gasteiger partial charge in [0.1, 0.15) is 5.01 Å². The highest BCUT2D eigenvalue weighted by Gasteiger charge is 2.34. The molecule has 1 aliphatic carbocycles. The van der Waals surface area contributed by atoms with Crippen LogP contribution in [-0.4, -0.2) is 16.3 Å². The maximum absolute atomic E-state index is 10.1. The van der Waals surface area contributed by atoms with Crippen LogP contribution in [0, 0.1) is 0 Å². The Morgan fingerprint density at radius 3 is 2.67 bits per heavy atom. The Morgan fingerprint density at radius 2 is 2.20 bits per heavy atom. The zero-order chi connectivity index (χ0) is 11.1. The highest BCUT2D eigenvalue weighted by atomic mass is 32.2. The van der Waals surface area contributed by atoms with Crippen LogP contribution in [0.3, 0.4) is 0 Å². The molecule has 2 rings (SSSR count). The number of aliphatic hydroxyl groups is 1. The van der Waals surface area contributed by atoms with Crippen molar-refractivity contribution in [3.8, 4) is 0 Å². The van der Waals surface area contributed by atoms with Gasteiger partial charge in [-0.15, -0.1) is 11.3 Å². The molecule has 0 aliphatic heterocycles. The zero-order valence-corrected chi connectivity index (χ0v) is 11.0. The molecule has 1 heterocycles. The molecule has 1 N–H and O–H groups in total.